The molecule has 0 atom stereocenters. The molecule has 0 fully saturated rings. The van der Waals surface area contributed by atoms with E-state index in [9.17, 15) is 23.6 Å². The van der Waals surface area contributed by atoms with Crippen molar-refractivity contribution in [1.29, 1.82) is 0 Å². The van der Waals surface area contributed by atoms with Gasteiger partial charge in [0.25, 0.3) is 11.1 Å². The molecule has 0 bridgehead atoms. The number of aryl methyl sites for hydroxylation is 2. The Labute approximate surface area is 211 Å². The van der Waals surface area contributed by atoms with Crippen LogP contribution in [0.15, 0.2) is 56.8 Å². The van der Waals surface area contributed by atoms with Crippen LogP contribution < -0.4 is 27.4 Å². The lowest BCUT2D eigenvalue weighted by Gasteiger charge is -2.20. The van der Waals surface area contributed by atoms with Crippen molar-refractivity contribution in [3.8, 4) is 5.69 Å². The molecule has 2 heterocycles. The quantitative estimate of drug-likeness (QED) is 0.417. The van der Waals surface area contributed by atoms with E-state index in [2.05, 4.69) is 10.6 Å². The highest BCUT2D eigenvalue weighted by molar-refractivity contribution is 5.94. The van der Waals surface area contributed by atoms with Gasteiger partial charge in [0, 0.05) is 31.8 Å². The summed E-state index contributed by atoms with van der Waals surface area (Å²) in [6.07, 6.45) is 0.647. The zero-order valence-corrected chi connectivity index (χ0v) is 21.3. The Kier molecular flexibility index (Phi) is 6.84. The van der Waals surface area contributed by atoms with Gasteiger partial charge in [-0.05, 0) is 56.2 Å². The largest absolute Gasteiger partial charge is 0.338 e. The number of fused-ring (bicyclic) bond motifs is 1. The van der Waals surface area contributed by atoms with E-state index in [0.717, 1.165) is 10.1 Å². The highest BCUT2D eigenvalue weighted by Crippen LogP contribution is 2.27. The molecule has 4 aromatic rings. The second-order valence-corrected chi connectivity index (χ2v) is 8.75. The maximum Gasteiger partial charge on any atom is 0.336 e. The lowest BCUT2D eigenvalue weighted by molar-refractivity contribution is -0.114. The van der Waals surface area contributed by atoms with E-state index in [0.29, 0.717) is 17.8 Å². The van der Waals surface area contributed by atoms with Crippen molar-refractivity contribution in [1.82, 2.24) is 13.7 Å². The van der Waals surface area contributed by atoms with Gasteiger partial charge in [0.1, 0.15) is 17.0 Å². The number of anilines is 3. The van der Waals surface area contributed by atoms with Crippen LogP contribution in [0.4, 0.5) is 21.6 Å². The molecule has 0 saturated heterocycles. The Bertz CT molecular complexity index is 1730. The zero-order chi connectivity index (χ0) is 27.0. The minimum Gasteiger partial charge on any atom is -0.338 e. The molecule has 0 aliphatic carbocycles. The summed E-state index contributed by atoms with van der Waals surface area (Å²) in [5.74, 6) is -0.763. The van der Waals surface area contributed by atoms with Crippen LogP contribution in [0.5, 0.6) is 0 Å². The minimum atomic E-state index is -0.638. The summed E-state index contributed by atoms with van der Waals surface area (Å²) < 4.78 is 18.5. The van der Waals surface area contributed by atoms with E-state index in [1.165, 1.54) is 36.1 Å². The van der Waals surface area contributed by atoms with Gasteiger partial charge in [-0.15, -0.1) is 0 Å². The molecule has 4 rings (SSSR count). The van der Waals surface area contributed by atoms with Crippen LogP contribution in [-0.2, 0) is 24.8 Å². The fourth-order valence-electron chi connectivity index (χ4n) is 4.44. The van der Waals surface area contributed by atoms with Crippen LogP contribution in [0, 0.1) is 12.7 Å². The van der Waals surface area contributed by atoms with Gasteiger partial charge >= 0.3 is 5.69 Å². The first-order chi connectivity index (χ1) is 17.6. The Morgan fingerprint density at radius 3 is 2.38 bits per heavy atom. The van der Waals surface area contributed by atoms with E-state index in [4.69, 9.17) is 0 Å². The molecule has 0 aliphatic heterocycles. The number of benzene rings is 2. The number of carbonyl (C=O) groups excluding carboxylic acids is 1. The number of hydrogen-bond acceptors (Lipinski definition) is 5. The number of carbonyl (C=O) groups is 1. The normalized spacial score (nSPS) is 11.1. The van der Waals surface area contributed by atoms with Crippen molar-refractivity contribution in [3.05, 3.63) is 90.6 Å². The number of halogens is 1. The highest BCUT2D eigenvalue weighted by Gasteiger charge is 2.23. The second-order valence-electron chi connectivity index (χ2n) is 8.75. The van der Waals surface area contributed by atoms with E-state index in [1.807, 2.05) is 6.92 Å². The topological polar surface area (TPSA) is 107 Å². The number of amides is 1. The number of hydrogen-bond donors (Lipinski definition) is 2. The molecule has 9 nitrogen and oxygen atoms in total. The maximum absolute atomic E-state index is 14.9. The van der Waals surface area contributed by atoms with Crippen molar-refractivity contribution in [2.45, 2.75) is 40.7 Å². The predicted octanol–water partition coefficient (Wildman–Crippen LogP) is 3.58. The van der Waals surface area contributed by atoms with E-state index in [1.54, 1.807) is 43.3 Å². The first-order valence-corrected chi connectivity index (χ1v) is 11.9. The summed E-state index contributed by atoms with van der Waals surface area (Å²) in [4.78, 5) is 52.1. The first-order valence-electron chi connectivity index (χ1n) is 11.9. The highest BCUT2D eigenvalue weighted by atomic mass is 19.1. The fraction of sp³-hybridized carbons (Fsp3) is 0.259. The standard InChI is InChI=1S/C27H28FN5O4/c1-6-17-11-12-21(20(28)13-17)30-24-22-23(15(3)25(35)31(24)5)33(27(37)32(7-2)26(22)36)19-10-8-9-18(14-19)29-16(4)34/h8-14,30H,6-7H2,1-5H3,(H,29,34). The van der Waals surface area contributed by atoms with Gasteiger partial charge in [0.2, 0.25) is 5.91 Å². The molecule has 2 aromatic carbocycles. The van der Waals surface area contributed by atoms with Crippen molar-refractivity contribution in [3.63, 3.8) is 0 Å². The molecule has 10 heteroatoms. The van der Waals surface area contributed by atoms with Crippen LogP contribution in [0.25, 0.3) is 16.6 Å². The number of rotatable bonds is 6. The molecular formula is C27H28FN5O4. The van der Waals surface area contributed by atoms with Gasteiger partial charge < -0.3 is 10.6 Å². The van der Waals surface area contributed by atoms with Gasteiger partial charge in [-0.2, -0.15) is 0 Å². The molecule has 0 unspecified atom stereocenters. The molecule has 0 saturated carbocycles. The Morgan fingerprint density at radius 2 is 1.76 bits per heavy atom. The van der Waals surface area contributed by atoms with Crippen molar-refractivity contribution in [2.75, 3.05) is 10.6 Å². The van der Waals surface area contributed by atoms with Gasteiger partial charge in [0.15, 0.2) is 0 Å². The van der Waals surface area contributed by atoms with Gasteiger partial charge in [0.05, 0.1) is 16.9 Å². The average molecular weight is 506 g/mol. The Hall–Kier alpha value is -4.47. The summed E-state index contributed by atoms with van der Waals surface area (Å²) in [5, 5.41) is 5.67. The van der Waals surface area contributed by atoms with Crippen LogP contribution in [0.1, 0.15) is 31.9 Å². The van der Waals surface area contributed by atoms with Gasteiger partial charge in [-0.25, -0.2) is 9.18 Å². The number of nitrogens with zero attached hydrogens (tertiary/aromatic N) is 3. The Balaban J connectivity index is 2.13. The molecule has 1 amide bonds. The number of nitrogens with one attached hydrogen (secondary N) is 2. The third kappa shape index (κ3) is 4.46. The van der Waals surface area contributed by atoms with Crippen LogP contribution in [0.2, 0.25) is 0 Å². The average Bonchev–Trinajstić information content (AvgIpc) is 2.86. The molecule has 2 N–H and O–H groups in total. The van der Waals surface area contributed by atoms with Crippen molar-refractivity contribution in [2.24, 2.45) is 7.05 Å². The van der Waals surface area contributed by atoms with Crippen LogP contribution >= 0.6 is 0 Å². The number of pyridine rings is 1. The zero-order valence-electron chi connectivity index (χ0n) is 21.3. The third-order valence-electron chi connectivity index (χ3n) is 6.33. The SMILES string of the molecule is CCc1ccc(Nc2c3c(=O)n(CC)c(=O)n(-c4cccc(NC(C)=O)c4)c3c(C)c(=O)n2C)c(F)c1. The lowest BCUT2D eigenvalue weighted by atomic mass is 10.1. The fourth-order valence-corrected chi connectivity index (χ4v) is 4.44. The summed E-state index contributed by atoms with van der Waals surface area (Å²) in [6.45, 7) is 6.54. The first kappa shape index (κ1) is 25.6. The molecule has 192 valence electrons. The molecule has 0 spiro atoms. The molecular weight excluding hydrogens is 477 g/mol. The summed E-state index contributed by atoms with van der Waals surface area (Å²) in [7, 11) is 1.48. The number of aromatic nitrogens is 3. The van der Waals surface area contributed by atoms with E-state index in [-0.39, 0.29) is 40.4 Å². The van der Waals surface area contributed by atoms with Crippen molar-refractivity contribution < 1.29 is 9.18 Å². The summed E-state index contributed by atoms with van der Waals surface area (Å²) >= 11 is 0. The maximum atomic E-state index is 14.9. The van der Waals surface area contributed by atoms with Gasteiger partial charge in [-0.3, -0.25) is 28.1 Å². The van der Waals surface area contributed by atoms with Crippen molar-refractivity contribution >= 4 is 34.0 Å². The summed E-state index contributed by atoms with van der Waals surface area (Å²) in [6, 6.07) is 11.2. The molecule has 2 aromatic heterocycles. The van der Waals surface area contributed by atoms with E-state index >= 15 is 0 Å². The molecule has 0 radical (unpaired) electrons. The molecule has 0 aliphatic rings. The monoisotopic (exact) mass is 505 g/mol. The third-order valence-corrected chi connectivity index (χ3v) is 6.33. The summed E-state index contributed by atoms with van der Waals surface area (Å²) in [5.41, 5.74) is 0.256. The van der Waals surface area contributed by atoms with Gasteiger partial charge in [-0.1, -0.05) is 19.1 Å². The smallest absolute Gasteiger partial charge is 0.336 e. The minimum absolute atomic E-state index is 0.0601. The van der Waals surface area contributed by atoms with Crippen LogP contribution in [-0.4, -0.2) is 19.6 Å². The second kappa shape index (κ2) is 9.88. The Morgan fingerprint density at radius 1 is 1.03 bits per heavy atom. The lowest BCUT2D eigenvalue weighted by Crippen LogP contribution is -2.41. The van der Waals surface area contributed by atoms with E-state index < -0.39 is 22.6 Å². The van der Waals surface area contributed by atoms with Crippen LogP contribution in [0.3, 0.4) is 0 Å². The predicted molar refractivity (Wildman–Crippen MR) is 143 cm³/mol. The molecule has 37 heavy (non-hydrogen) atoms.